The second-order valence-electron chi connectivity index (χ2n) is 4.07. The normalized spacial score (nSPS) is 15.3. The Morgan fingerprint density at radius 1 is 1.50 bits per heavy atom. The van der Waals surface area contributed by atoms with E-state index in [1.54, 1.807) is 0 Å². The summed E-state index contributed by atoms with van der Waals surface area (Å²) in [7, 11) is -0.757. The van der Waals surface area contributed by atoms with Gasteiger partial charge in [0.25, 0.3) is 0 Å². The van der Waals surface area contributed by atoms with E-state index in [0.29, 0.717) is 24.0 Å². The van der Waals surface area contributed by atoms with E-state index in [-0.39, 0.29) is 5.54 Å². The molecular weight excluding hydrogens is 198 g/mol. The van der Waals surface area contributed by atoms with Crippen LogP contribution in [-0.4, -0.2) is 33.8 Å². The molecule has 0 heterocycles. The highest BCUT2D eigenvalue weighted by atomic mass is 32.2. The Morgan fingerprint density at radius 3 is 2.50 bits per heavy atom. The molecule has 0 fully saturated rings. The summed E-state index contributed by atoms with van der Waals surface area (Å²) in [5.41, 5.74) is 5.56. The van der Waals surface area contributed by atoms with Crippen molar-refractivity contribution in [2.75, 3.05) is 18.1 Å². The third kappa shape index (κ3) is 8.04. The third-order valence-electron chi connectivity index (χ3n) is 1.43. The van der Waals surface area contributed by atoms with Gasteiger partial charge in [-0.1, -0.05) is 6.92 Å². The van der Waals surface area contributed by atoms with E-state index in [0.717, 1.165) is 0 Å². The Bertz CT molecular complexity index is 221. The lowest BCUT2D eigenvalue weighted by Crippen LogP contribution is -2.45. The molecule has 3 N–H and O–H groups in total. The van der Waals surface area contributed by atoms with Crippen molar-refractivity contribution in [3.05, 3.63) is 0 Å². The van der Waals surface area contributed by atoms with E-state index in [1.165, 1.54) is 0 Å². The van der Waals surface area contributed by atoms with Crippen molar-refractivity contribution in [3.63, 3.8) is 0 Å². The molecule has 4 nitrogen and oxygen atoms in total. The number of hydrogen-bond acceptors (Lipinski definition) is 2. The zero-order valence-electron chi connectivity index (χ0n) is 9.46. The SMILES string of the molecule is CCS(=O)CCN=C(N)NC(C)(C)C. The van der Waals surface area contributed by atoms with Crippen molar-refractivity contribution in [1.82, 2.24) is 5.32 Å². The average Bonchev–Trinajstić information content (AvgIpc) is 2.00. The van der Waals surface area contributed by atoms with Gasteiger partial charge in [0.2, 0.25) is 0 Å². The Morgan fingerprint density at radius 2 is 2.07 bits per heavy atom. The van der Waals surface area contributed by atoms with Crippen LogP contribution < -0.4 is 11.1 Å². The van der Waals surface area contributed by atoms with Gasteiger partial charge in [-0.2, -0.15) is 0 Å². The molecule has 14 heavy (non-hydrogen) atoms. The van der Waals surface area contributed by atoms with Crippen molar-refractivity contribution in [1.29, 1.82) is 0 Å². The van der Waals surface area contributed by atoms with Gasteiger partial charge in [-0.05, 0) is 20.8 Å². The molecule has 0 radical (unpaired) electrons. The molecule has 5 heteroatoms. The van der Waals surface area contributed by atoms with Crippen LogP contribution in [0.2, 0.25) is 0 Å². The molecule has 0 amide bonds. The van der Waals surface area contributed by atoms with Crippen LogP contribution >= 0.6 is 0 Å². The minimum Gasteiger partial charge on any atom is -0.370 e. The quantitative estimate of drug-likeness (QED) is 0.533. The summed E-state index contributed by atoms with van der Waals surface area (Å²) in [6.45, 7) is 8.46. The predicted octanol–water partition coefficient (Wildman–Crippen LogP) is 0.458. The molecule has 0 saturated heterocycles. The van der Waals surface area contributed by atoms with Gasteiger partial charge in [-0.15, -0.1) is 0 Å². The number of nitrogens with two attached hydrogens (primary N) is 1. The van der Waals surface area contributed by atoms with Crippen molar-refractivity contribution in [3.8, 4) is 0 Å². The molecule has 0 bridgehead atoms. The first-order chi connectivity index (χ1) is 6.35. The highest BCUT2D eigenvalue weighted by molar-refractivity contribution is 7.84. The fourth-order valence-corrected chi connectivity index (χ4v) is 1.42. The Labute approximate surface area is 88.8 Å². The van der Waals surface area contributed by atoms with Gasteiger partial charge in [0.15, 0.2) is 5.96 Å². The predicted molar refractivity (Wildman–Crippen MR) is 62.9 cm³/mol. The van der Waals surface area contributed by atoms with E-state index < -0.39 is 10.8 Å². The van der Waals surface area contributed by atoms with Crippen molar-refractivity contribution in [2.45, 2.75) is 33.2 Å². The first-order valence-corrected chi connectivity index (χ1v) is 6.27. The molecule has 0 aromatic carbocycles. The Balaban J connectivity index is 3.83. The lowest BCUT2D eigenvalue weighted by atomic mass is 10.1. The van der Waals surface area contributed by atoms with Gasteiger partial charge >= 0.3 is 0 Å². The monoisotopic (exact) mass is 219 g/mol. The minimum absolute atomic E-state index is 0.0719. The fraction of sp³-hybridized carbons (Fsp3) is 0.889. The number of aliphatic imine (C=N–C) groups is 1. The highest BCUT2D eigenvalue weighted by Crippen LogP contribution is 1.96. The molecule has 0 aliphatic heterocycles. The van der Waals surface area contributed by atoms with E-state index in [2.05, 4.69) is 10.3 Å². The molecule has 84 valence electrons. The fourth-order valence-electron chi connectivity index (χ4n) is 0.836. The van der Waals surface area contributed by atoms with E-state index >= 15 is 0 Å². The third-order valence-corrected chi connectivity index (χ3v) is 2.71. The average molecular weight is 219 g/mol. The van der Waals surface area contributed by atoms with Crippen LogP contribution in [0.1, 0.15) is 27.7 Å². The number of rotatable bonds is 4. The number of guanidine groups is 1. The topological polar surface area (TPSA) is 67.5 Å². The smallest absolute Gasteiger partial charge is 0.189 e. The maximum absolute atomic E-state index is 11.1. The van der Waals surface area contributed by atoms with E-state index in [9.17, 15) is 4.21 Å². The summed E-state index contributed by atoms with van der Waals surface area (Å²) >= 11 is 0. The summed E-state index contributed by atoms with van der Waals surface area (Å²) < 4.78 is 11.1. The van der Waals surface area contributed by atoms with Gasteiger partial charge < -0.3 is 11.1 Å². The molecular formula is C9H21N3OS. The summed E-state index contributed by atoms with van der Waals surface area (Å²) in [5, 5.41) is 3.04. The van der Waals surface area contributed by atoms with Crippen LogP contribution in [0.3, 0.4) is 0 Å². The highest BCUT2D eigenvalue weighted by Gasteiger charge is 2.09. The van der Waals surface area contributed by atoms with Gasteiger partial charge in [-0.25, -0.2) is 0 Å². The van der Waals surface area contributed by atoms with Gasteiger partial charge in [0, 0.05) is 27.8 Å². The zero-order valence-corrected chi connectivity index (χ0v) is 10.3. The van der Waals surface area contributed by atoms with E-state index in [4.69, 9.17) is 5.73 Å². The lowest BCUT2D eigenvalue weighted by Gasteiger charge is -2.20. The van der Waals surface area contributed by atoms with E-state index in [1.807, 2.05) is 27.7 Å². The van der Waals surface area contributed by atoms with Crippen LogP contribution in [0.4, 0.5) is 0 Å². The summed E-state index contributed by atoms with van der Waals surface area (Å²) in [4.78, 5) is 4.09. The Hall–Kier alpha value is -0.580. The molecule has 0 aliphatic rings. The number of hydrogen-bond donors (Lipinski definition) is 2. The molecule has 0 aromatic heterocycles. The number of nitrogens with zero attached hydrogens (tertiary/aromatic N) is 1. The summed E-state index contributed by atoms with van der Waals surface area (Å²) in [6, 6.07) is 0. The molecule has 0 saturated carbocycles. The van der Waals surface area contributed by atoms with Gasteiger partial charge in [-0.3, -0.25) is 9.20 Å². The first kappa shape index (κ1) is 13.4. The van der Waals surface area contributed by atoms with Crippen LogP contribution in [-0.2, 0) is 10.8 Å². The zero-order chi connectivity index (χ0) is 11.2. The van der Waals surface area contributed by atoms with Gasteiger partial charge in [0.05, 0.1) is 6.54 Å². The van der Waals surface area contributed by atoms with Crippen LogP contribution in [0.25, 0.3) is 0 Å². The second kappa shape index (κ2) is 6.01. The van der Waals surface area contributed by atoms with Gasteiger partial charge in [0.1, 0.15) is 0 Å². The van der Waals surface area contributed by atoms with Crippen LogP contribution in [0.15, 0.2) is 4.99 Å². The van der Waals surface area contributed by atoms with Crippen molar-refractivity contribution < 1.29 is 4.21 Å². The molecule has 1 atom stereocenters. The molecule has 0 spiro atoms. The second-order valence-corrected chi connectivity index (χ2v) is 5.94. The number of nitrogens with one attached hydrogen (secondary N) is 1. The molecule has 0 rings (SSSR count). The largest absolute Gasteiger partial charge is 0.370 e. The van der Waals surface area contributed by atoms with Crippen LogP contribution in [0.5, 0.6) is 0 Å². The minimum atomic E-state index is -0.757. The molecule has 0 aliphatic carbocycles. The first-order valence-electron chi connectivity index (χ1n) is 4.78. The Kier molecular flexibility index (Phi) is 5.76. The van der Waals surface area contributed by atoms with Crippen LogP contribution in [0, 0.1) is 0 Å². The standard InChI is InChI=1S/C9H21N3OS/c1-5-14(13)7-6-11-8(10)12-9(2,3)4/h5-7H2,1-4H3,(H3,10,11,12). The summed E-state index contributed by atoms with van der Waals surface area (Å²) in [5.74, 6) is 1.69. The molecule has 1 unspecified atom stereocenters. The maximum Gasteiger partial charge on any atom is 0.189 e. The van der Waals surface area contributed by atoms with Crippen molar-refractivity contribution in [2.24, 2.45) is 10.7 Å². The van der Waals surface area contributed by atoms with Crippen molar-refractivity contribution >= 4 is 16.8 Å². The lowest BCUT2D eigenvalue weighted by molar-refractivity contribution is 0.508. The maximum atomic E-state index is 11.1. The molecule has 0 aromatic rings. The summed E-state index contributed by atoms with van der Waals surface area (Å²) in [6.07, 6.45) is 0.